The maximum Gasteiger partial charge on any atom is 0.216 e. The molecule has 1 aliphatic rings. The lowest BCUT2D eigenvalue weighted by Gasteiger charge is -2.37. The number of hydrogen-bond acceptors (Lipinski definition) is 1. The van der Waals surface area contributed by atoms with Gasteiger partial charge in [0.05, 0.1) is 0 Å². The van der Waals surface area contributed by atoms with Crippen LogP contribution >= 0.6 is 0 Å². The van der Waals surface area contributed by atoms with Gasteiger partial charge < -0.3 is 5.32 Å². The molecule has 1 heterocycles. The lowest BCUT2D eigenvalue weighted by molar-refractivity contribution is -0.119. The number of carbonyl (C=O) groups is 1. The molecule has 0 saturated carbocycles. The molecule has 0 spiro atoms. The van der Waals surface area contributed by atoms with Crippen LogP contribution in [-0.4, -0.2) is 25.5 Å². The first-order valence-electron chi connectivity index (χ1n) is 6.16. The van der Waals surface area contributed by atoms with Gasteiger partial charge in [0.1, 0.15) is 0 Å². The van der Waals surface area contributed by atoms with Gasteiger partial charge in [0, 0.05) is 32.0 Å². The summed E-state index contributed by atoms with van der Waals surface area (Å²) in [6.45, 7) is 4.09. The minimum atomic E-state index is 0.0443. The number of rotatable bonds is 3. The van der Waals surface area contributed by atoms with E-state index in [-0.39, 0.29) is 11.3 Å². The predicted octanol–water partition coefficient (Wildman–Crippen LogP) is 1.46. The highest BCUT2D eigenvalue weighted by molar-refractivity contribution is 5.73. The van der Waals surface area contributed by atoms with Gasteiger partial charge in [0.2, 0.25) is 5.91 Å². The molecule has 0 unspecified atom stereocenters. The summed E-state index contributed by atoms with van der Waals surface area (Å²) in [5.74, 6) is 0.0443. The summed E-state index contributed by atoms with van der Waals surface area (Å²) in [5.41, 5.74) is 1.40. The van der Waals surface area contributed by atoms with Crippen molar-refractivity contribution in [2.45, 2.75) is 25.2 Å². The van der Waals surface area contributed by atoms with Gasteiger partial charge in [0.25, 0.3) is 0 Å². The third kappa shape index (κ3) is 2.86. The number of hydrogen-bond donors (Lipinski definition) is 1. The van der Waals surface area contributed by atoms with Crippen molar-refractivity contribution in [3.63, 3.8) is 0 Å². The van der Waals surface area contributed by atoms with Crippen LogP contribution in [0.25, 0.3) is 0 Å². The van der Waals surface area contributed by atoms with E-state index in [1.807, 2.05) is 6.07 Å². The van der Waals surface area contributed by atoms with Crippen molar-refractivity contribution < 1.29 is 4.79 Å². The minimum absolute atomic E-state index is 0.0443. The van der Waals surface area contributed by atoms with E-state index >= 15 is 0 Å². The Morgan fingerprint density at radius 1 is 1.29 bits per heavy atom. The largest absolute Gasteiger partial charge is 0.355 e. The average molecular weight is 231 g/mol. The Morgan fingerprint density at radius 2 is 1.94 bits per heavy atom. The molecule has 0 atom stereocenters. The van der Waals surface area contributed by atoms with Gasteiger partial charge in [0.15, 0.2) is 0 Å². The lowest BCUT2D eigenvalue weighted by Crippen LogP contribution is -2.45. The first kappa shape index (κ1) is 12.1. The van der Waals surface area contributed by atoms with Gasteiger partial charge in [-0.2, -0.15) is 0 Å². The van der Waals surface area contributed by atoms with Crippen molar-refractivity contribution in [3.8, 4) is 0 Å². The Kier molecular flexibility index (Phi) is 3.79. The van der Waals surface area contributed by atoms with E-state index in [1.165, 1.54) is 5.56 Å². The zero-order valence-corrected chi connectivity index (χ0v) is 10.3. The topological polar surface area (TPSA) is 43.2 Å². The second kappa shape index (κ2) is 5.32. The van der Waals surface area contributed by atoms with Crippen LogP contribution in [0.2, 0.25) is 0 Å². The third-order valence-corrected chi connectivity index (χ3v) is 3.56. The second-order valence-corrected chi connectivity index (χ2v) is 4.73. The first-order valence-corrected chi connectivity index (χ1v) is 6.16. The molecule has 1 radical (unpaired) electrons. The third-order valence-electron chi connectivity index (χ3n) is 3.56. The summed E-state index contributed by atoms with van der Waals surface area (Å²) in [7, 11) is 0. The van der Waals surface area contributed by atoms with Crippen molar-refractivity contribution in [1.29, 1.82) is 0 Å². The van der Waals surface area contributed by atoms with Gasteiger partial charge in [-0.1, -0.05) is 30.3 Å². The maximum absolute atomic E-state index is 11.1. The highest BCUT2D eigenvalue weighted by Crippen LogP contribution is 2.33. The van der Waals surface area contributed by atoms with E-state index in [1.54, 1.807) is 6.92 Å². The van der Waals surface area contributed by atoms with Crippen LogP contribution < -0.4 is 10.6 Å². The van der Waals surface area contributed by atoms with Crippen LogP contribution in [0, 0.1) is 0 Å². The molecule has 17 heavy (non-hydrogen) atoms. The number of nitrogens with one attached hydrogen (secondary N) is 1. The van der Waals surface area contributed by atoms with Crippen molar-refractivity contribution in [3.05, 3.63) is 35.9 Å². The quantitative estimate of drug-likeness (QED) is 0.841. The maximum atomic E-state index is 11.1. The number of benzene rings is 1. The Morgan fingerprint density at radius 3 is 2.53 bits per heavy atom. The molecule has 0 aromatic heterocycles. The molecule has 3 nitrogen and oxygen atoms in total. The normalized spacial score (nSPS) is 18.6. The molecular formula is C14H19N2O. The SMILES string of the molecule is CC(=O)NCC1(c2ccccc2)CC[N]CC1. The monoisotopic (exact) mass is 231 g/mol. The molecule has 1 fully saturated rings. The van der Waals surface area contributed by atoms with Crippen molar-refractivity contribution >= 4 is 5.91 Å². The number of carbonyl (C=O) groups excluding carboxylic acids is 1. The molecule has 3 heteroatoms. The van der Waals surface area contributed by atoms with E-state index in [0.29, 0.717) is 0 Å². The van der Waals surface area contributed by atoms with Gasteiger partial charge in [-0.25, -0.2) is 5.32 Å². The summed E-state index contributed by atoms with van der Waals surface area (Å²) in [6, 6.07) is 10.5. The van der Waals surface area contributed by atoms with Crippen LogP contribution in [0.3, 0.4) is 0 Å². The molecule has 1 amide bonds. The van der Waals surface area contributed by atoms with Gasteiger partial charge in [-0.15, -0.1) is 0 Å². The number of piperidine rings is 1. The van der Waals surface area contributed by atoms with E-state index in [9.17, 15) is 4.79 Å². The summed E-state index contributed by atoms with van der Waals surface area (Å²) >= 11 is 0. The van der Waals surface area contributed by atoms with Crippen LogP contribution in [-0.2, 0) is 10.2 Å². The zero-order valence-electron chi connectivity index (χ0n) is 10.3. The smallest absolute Gasteiger partial charge is 0.216 e. The van der Waals surface area contributed by atoms with Gasteiger partial charge in [-0.3, -0.25) is 4.79 Å². The molecule has 2 rings (SSSR count). The van der Waals surface area contributed by atoms with Gasteiger partial charge in [-0.05, 0) is 18.4 Å². The highest BCUT2D eigenvalue weighted by atomic mass is 16.1. The van der Waals surface area contributed by atoms with E-state index in [4.69, 9.17) is 0 Å². The molecule has 1 aromatic carbocycles. The fourth-order valence-corrected chi connectivity index (χ4v) is 2.48. The fourth-order valence-electron chi connectivity index (χ4n) is 2.48. The Labute approximate surface area is 103 Å². The second-order valence-electron chi connectivity index (χ2n) is 4.73. The molecule has 0 bridgehead atoms. The predicted molar refractivity (Wildman–Crippen MR) is 67.9 cm³/mol. The summed E-state index contributed by atoms with van der Waals surface area (Å²) in [6.07, 6.45) is 2.05. The van der Waals surface area contributed by atoms with Crippen LogP contribution in [0.4, 0.5) is 0 Å². The van der Waals surface area contributed by atoms with Crippen molar-refractivity contribution in [1.82, 2.24) is 10.6 Å². The Balaban J connectivity index is 2.20. The molecular weight excluding hydrogens is 212 g/mol. The van der Waals surface area contributed by atoms with E-state index in [0.717, 1.165) is 32.5 Å². The number of nitrogens with zero attached hydrogens (tertiary/aromatic N) is 1. The lowest BCUT2D eigenvalue weighted by atomic mass is 9.73. The molecule has 1 N–H and O–H groups in total. The van der Waals surface area contributed by atoms with Crippen molar-refractivity contribution in [2.24, 2.45) is 0 Å². The molecule has 0 aliphatic carbocycles. The van der Waals surface area contributed by atoms with Gasteiger partial charge >= 0.3 is 0 Å². The minimum Gasteiger partial charge on any atom is -0.355 e. The number of amides is 1. The first-order chi connectivity index (χ1) is 8.23. The molecule has 1 aliphatic heterocycles. The van der Waals surface area contributed by atoms with Crippen molar-refractivity contribution in [2.75, 3.05) is 19.6 Å². The average Bonchev–Trinajstić information content (AvgIpc) is 2.39. The summed E-state index contributed by atoms with van der Waals surface area (Å²) in [4.78, 5) is 11.1. The van der Waals surface area contributed by atoms with E-state index in [2.05, 4.69) is 34.9 Å². The van der Waals surface area contributed by atoms with Crippen LogP contribution in [0.1, 0.15) is 25.3 Å². The molecule has 1 saturated heterocycles. The van der Waals surface area contributed by atoms with E-state index < -0.39 is 0 Å². The Hall–Kier alpha value is -1.35. The van der Waals surface area contributed by atoms with Crippen LogP contribution in [0.15, 0.2) is 30.3 Å². The zero-order chi connectivity index (χ0) is 12.1. The Bertz CT molecular complexity index is 369. The molecule has 1 aromatic rings. The highest BCUT2D eigenvalue weighted by Gasteiger charge is 2.34. The fraction of sp³-hybridized carbons (Fsp3) is 0.500. The van der Waals surface area contributed by atoms with Crippen LogP contribution in [0.5, 0.6) is 0 Å². The summed E-state index contributed by atoms with van der Waals surface area (Å²) < 4.78 is 0. The standard InChI is InChI=1S/C14H19N2O/c1-12(17)16-11-14(7-9-15-10-8-14)13-5-3-2-4-6-13/h2-6H,7-11H2,1H3,(H,16,17). The molecule has 91 valence electrons. The summed E-state index contributed by atoms with van der Waals surface area (Å²) in [5, 5.41) is 7.39.